The Morgan fingerprint density at radius 3 is 2.94 bits per heavy atom. The molecule has 0 bridgehead atoms. The van der Waals surface area contributed by atoms with Gasteiger partial charge in [-0.3, -0.25) is 0 Å². The zero-order valence-electron chi connectivity index (χ0n) is 9.67. The van der Waals surface area contributed by atoms with Gasteiger partial charge in [0.05, 0.1) is 0 Å². The second kappa shape index (κ2) is 4.08. The molecule has 2 aliphatic rings. The Hall–Kier alpha value is -0.470. The molecule has 1 aromatic carbocycles. The number of hydrogen-bond acceptors (Lipinski definition) is 2. The van der Waals surface area contributed by atoms with Crippen LogP contribution >= 0.6 is 11.8 Å². The van der Waals surface area contributed by atoms with Crippen molar-refractivity contribution < 1.29 is 0 Å². The molecule has 0 aromatic heterocycles. The summed E-state index contributed by atoms with van der Waals surface area (Å²) in [4.78, 5) is 1.51. The summed E-state index contributed by atoms with van der Waals surface area (Å²) in [6.07, 6.45) is 6.46. The average Bonchev–Trinajstić information content (AvgIpc) is 3.09. The summed E-state index contributed by atoms with van der Waals surface area (Å²) in [5.41, 5.74) is 9.39. The van der Waals surface area contributed by atoms with Gasteiger partial charge in [-0.05, 0) is 67.0 Å². The van der Waals surface area contributed by atoms with Crippen molar-refractivity contribution in [1.29, 1.82) is 0 Å². The van der Waals surface area contributed by atoms with Gasteiger partial charge in [-0.1, -0.05) is 12.1 Å². The average molecular weight is 233 g/mol. The molecular weight excluding hydrogens is 214 g/mol. The van der Waals surface area contributed by atoms with E-state index in [0.717, 1.165) is 6.54 Å². The van der Waals surface area contributed by atoms with Gasteiger partial charge in [0.2, 0.25) is 0 Å². The van der Waals surface area contributed by atoms with E-state index in [1.54, 1.807) is 5.56 Å². The van der Waals surface area contributed by atoms with Crippen molar-refractivity contribution in [2.24, 2.45) is 11.1 Å². The number of benzene rings is 1. The Bertz CT molecular complexity index is 396. The highest BCUT2D eigenvalue weighted by Crippen LogP contribution is 2.47. The first-order valence-electron chi connectivity index (χ1n) is 6.26. The summed E-state index contributed by atoms with van der Waals surface area (Å²) in [5.74, 6) is 1.29. The molecule has 2 heteroatoms. The van der Waals surface area contributed by atoms with Gasteiger partial charge >= 0.3 is 0 Å². The minimum atomic E-state index is 0.468. The molecule has 3 rings (SSSR count). The van der Waals surface area contributed by atoms with E-state index in [4.69, 9.17) is 5.73 Å². The summed E-state index contributed by atoms with van der Waals surface area (Å²) < 4.78 is 0. The van der Waals surface area contributed by atoms with Gasteiger partial charge in [-0.15, -0.1) is 11.8 Å². The molecule has 1 aliphatic carbocycles. The summed E-state index contributed by atoms with van der Waals surface area (Å²) in [6, 6.07) is 7.06. The molecule has 0 saturated heterocycles. The quantitative estimate of drug-likeness (QED) is 0.868. The van der Waals surface area contributed by atoms with Crippen LogP contribution in [0, 0.1) is 5.41 Å². The topological polar surface area (TPSA) is 26.0 Å². The van der Waals surface area contributed by atoms with Gasteiger partial charge in [-0.2, -0.15) is 0 Å². The van der Waals surface area contributed by atoms with Crippen LogP contribution < -0.4 is 5.73 Å². The molecule has 0 amide bonds. The summed E-state index contributed by atoms with van der Waals surface area (Å²) in [7, 11) is 0. The molecule has 0 radical (unpaired) electrons. The van der Waals surface area contributed by atoms with Crippen LogP contribution in [0.1, 0.15) is 30.4 Å². The lowest BCUT2D eigenvalue weighted by Gasteiger charge is -2.18. The van der Waals surface area contributed by atoms with Crippen LogP contribution in [-0.2, 0) is 12.8 Å². The third-order valence-corrected chi connectivity index (χ3v) is 5.14. The van der Waals surface area contributed by atoms with E-state index >= 15 is 0 Å². The van der Waals surface area contributed by atoms with Crippen LogP contribution in [0.3, 0.4) is 0 Å². The van der Waals surface area contributed by atoms with Crippen molar-refractivity contribution in [3.05, 3.63) is 29.3 Å². The summed E-state index contributed by atoms with van der Waals surface area (Å²) >= 11 is 2.01. The predicted octanol–water partition coefficient (Wildman–Crippen LogP) is 3.01. The molecule has 1 heterocycles. The van der Waals surface area contributed by atoms with Gasteiger partial charge in [0.1, 0.15) is 0 Å². The van der Waals surface area contributed by atoms with E-state index in [1.807, 2.05) is 11.8 Å². The fraction of sp³-hybridized carbons (Fsp3) is 0.571. The molecule has 0 spiro atoms. The number of hydrogen-bond donors (Lipinski definition) is 1. The second-order valence-electron chi connectivity index (χ2n) is 5.27. The second-order valence-corrected chi connectivity index (χ2v) is 6.41. The lowest BCUT2D eigenvalue weighted by molar-refractivity contribution is 0.520. The smallest absolute Gasteiger partial charge is 0.0104 e. The SMILES string of the molecule is NCC1(Cc2ccc3c(c2)CCCS3)CC1. The lowest BCUT2D eigenvalue weighted by Crippen LogP contribution is -2.18. The van der Waals surface area contributed by atoms with Gasteiger partial charge in [-0.25, -0.2) is 0 Å². The highest BCUT2D eigenvalue weighted by Gasteiger charge is 2.40. The molecule has 0 unspecified atom stereocenters. The Morgan fingerprint density at radius 2 is 2.19 bits per heavy atom. The van der Waals surface area contributed by atoms with E-state index in [0.29, 0.717) is 5.41 Å². The predicted molar refractivity (Wildman–Crippen MR) is 69.9 cm³/mol. The zero-order valence-corrected chi connectivity index (χ0v) is 10.5. The van der Waals surface area contributed by atoms with Crippen molar-refractivity contribution in [2.75, 3.05) is 12.3 Å². The Kier molecular flexibility index (Phi) is 2.72. The lowest BCUT2D eigenvalue weighted by atomic mass is 9.95. The normalized spacial score (nSPS) is 21.6. The van der Waals surface area contributed by atoms with Crippen molar-refractivity contribution in [3.8, 4) is 0 Å². The van der Waals surface area contributed by atoms with E-state index in [1.165, 1.54) is 48.3 Å². The molecule has 1 aliphatic heterocycles. The molecule has 1 saturated carbocycles. The largest absolute Gasteiger partial charge is 0.330 e. The van der Waals surface area contributed by atoms with E-state index < -0.39 is 0 Å². The molecule has 86 valence electrons. The van der Waals surface area contributed by atoms with Gasteiger partial charge in [0.15, 0.2) is 0 Å². The molecule has 16 heavy (non-hydrogen) atoms. The maximum atomic E-state index is 5.85. The van der Waals surface area contributed by atoms with Crippen molar-refractivity contribution in [3.63, 3.8) is 0 Å². The molecule has 0 atom stereocenters. The van der Waals surface area contributed by atoms with E-state index in [9.17, 15) is 0 Å². The summed E-state index contributed by atoms with van der Waals surface area (Å²) in [6.45, 7) is 0.860. The minimum absolute atomic E-state index is 0.468. The number of nitrogens with two attached hydrogens (primary N) is 1. The van der Waals surface area contributed by atoms with Crippen LogP contribution in [-0.4, -0.2) is 12.3 Å². The van der Waals surface area contributed by atoms with Crippen LogP contribution in [0.25, 0.3) is 0 Å². The first-order valence-corrected chi connectivity index (χ1v) is 7.25. The Balaban J connectivity index is 1.80. The van der Waals surface area contributed by atoms with Crippen LogP contribution in [0.15, 0.2) is 23.1 Å². The Labute approximate surface area is 102 Å². The first-order chi connectivity index (χ1) is 7.81. The molecule has 1 nitrogen and oxygen atoms in total. The molecule has 2 N–H and O–H groups in total. The minimum Gasteiger partial charge on any atom is -0.330 e. The maximum Gasteiger partial charge on any atom is 0.0104 e. The summed E-state index contributed by atoms with van der Waals surface area (Å²) in [5, 5.41) is 0. The van der Waals surface area contributed by atoms with Crippen LogP contribution in [0.4, 0.5) is 0 Å². The van der Waals surface area contributed by atoms with Crippen molar-refractivity contribution in [2.45, 2.75) is 37.0 Å². The van der Waals surface area contributed by atoms with Gasteiger partial charge < -0.3 is 5.73 Å². The van der Waals surface area contributed by atoms with Crippen molar-refractivity contribution in [1.82, 2.24) is 0 Å². The third-order valence-electron chi connectivity index (χ3n) is 3.94. The number of fused-ring (bicyclic) bond motifs is 1. The highest BCUT2D eigenvalue weighted by atomic mass is 32.2. The zero-order chi connectivity index (χ0) is 11.0. The third kappa shape index (κ3) is 2.01. The first kappa shape index (κ1) is 10.7. The molecule has 1 aromatic rings. The number of thioether (sulfide) groups is 1. The van der Waals surface area contributed by atoms with E-state index in [-0.39, 0.29) is 0 Å². The molecular formula is C14H19NS. The monoisotopic (exact) mass is 233 g/mol. The number of rotatable bonds is 3. The van der Waals surface area contributed by atoms with E-state index in [2.05, 4.69) is 18.2 Å². The van der Waals surface area contributed by atoms with Crippen LogP contribution in [0.2, 0.25) is 0 Å². The fourth-order valence-electron chi connectivity index (χ4n) is 2.59. The standard InChI is InChI=1S/C14H19NS/c15-10-14(5-6-14)9-11-3-4-13-12(8-11)2-1-7-16-13/h3-4,8H,1-2,5-7,9-10,15H2. The highest BCUT2D eigenvalue weighted by molar-refractivity contribution is 7.99. The fourth-order valence-corrected chi connectivity index (χ4v) is 3.61. The van der Waals surface area contributed by atoms with Crippen LogP contribution in [0.5, 0.6) is 0 Å². The van der Waals surface area contributed by atoms with Gasteiger partial charge in [0.25, 0.3) is 0 Å². The van der Waals surface area contributed by atoms with Gasteiger partial charge in [0, 0.05) is 4.90 Å². The maximum absolute atomic E-state index is 5.85. The Morgan fingerprint density at radius 1 is 1.31 bits per heavy atom. The van der Waals surface area contributed by atoms with Crippen molar-refractivity contribution >= 4 is 11.8 Å². The molecule has 1 fully saturated rings. The number of aryl methyl sites for hydroxylation is 1.